The fraction of sp³-hybridized carbons (Fsp3) is 0.562. The zero-order valence-electron chi connectivity index (χ0n) is 14.2. The number of benzene rings is 1. The number of amides is 2. The van der Waals surface area contributed by atoms with E-state index in [4.69, 9.17) is 4.74 Å². The second-order valence-electron chi connectivity index (χ2n) is 6.51. The predicted octanol–water partition coefficient (Wildman–Crippen LogP) is 1.04. The smallest absolute Gasteiger partial charge is 0.319 e. The van der Waals surface area contributed by atoms with Crippen LogP contribution >= 0.6 is 0 Å². The highest BCUT2D eigenvalue weighted by Gasteiger charge is 2.35. The maximum atomic E-state index is 12.3. The van der Waals surface area contributed by atoms with Crippen molar-refractivity contribution in [1.82, 2.24) is 10.2 Å². The summed E-state index contributed by atoms with van der Waals surface area (Å²) < 4.78 is 30.5. The molecule has 8 nitrogen and oxygen atoms in total. The number of likely N-dealkylation sites (tertiary alicyclic amines) is 1. The first-order chi connectivity index (χ1) is 11.9. The first-order valence-corrected chi connectivity index (χ1v) is 10.3. The van der Waals surface area contributed by atoms with Crippen LogP contribution in [0.5, 0.6) is 0 Å². The molecule has 0 radical (unpaired) electrons. The van der Waals surface area contributed by atoms with Gasteiger partial charge >= 0.3 is 6.03 Å². The van der Waals surface area contributed by atoms with Gasteiger partial charge in [-0.2, -0.15) is 0 Å². The van der Waals surface area contributed by atoms with E-state index in [1.807, 2.05) is 0 Å². The average Bonchev–Trinajstić information content (AvgIpc) is 3.16. The number of ether oxygens (including phenoxy) is 1. The van der Waals surface area contributed by atoms with Gasteiger partial charge in [0.2, 0.25) is 10.0 Å². The van der Waals surface area contributed by atoms with Crippen LogP contribution in [0.1, 0.15) is 12.8 Å². The molecule has 2 fully saturated rings. The minimum Gasteiger partial charge on any atom is -0.378 e. The van der Waals surface area contributed by atoms with Gasteiger partial charge < -0.3 is 15.4 Å². The van der Waals surface area contributed by atoms with Crippen LogP contribution in [0, 0.1) is 0 Å². The maximum Gasteiger partial charge on any atom is 0.319 e. The maximum absolute atomic E-state index is 12.3. The molecule has 0 unspecified atom stereocenters. The van der Waals surface area contributed by atoms with E-state index in [1.54, 1.807) is 24.3 Å². The molecule has 1 aromatic carbocycles. The summed E-state index contributed by atoms with van der Waals surface area (Å²) >= 11 is 0. The fourth-order valence-electron chi connectivity index (χ4n) is 3.32. The number of nitrogens with zero attached hydrogens (tertiary/aromatic N) is 1. The molecular weight excluding hydrogens is 344 g/mol. The van der Waals surface area contributed by atoms with Gasteiger partial charge in [-0.05, 0) is 44.1 Å². The van der Waals surface area contributed by atoms with E-state index >= 15 is 0 Å². The number of hydrogen-bond acceptors (Lipinski definition) is 5. The molecule has 2 heterocycles. The third-order valence-electron chi connectivity index (χ3n) is 4.40. The number of rotatable bonds is 5. The summed E-state index contributed by atoms with van der Waals surface area (Å²) in [5.41, 5.74) is 0.919. The highest BCUT2D eigenvalue weighted by Crippen LogP contribution is 2.20. The zero-order chi connectivity index (χ0) is 17.9. The molecule has 2 aliphatic rings. The Labute approximate surface area is 148 Å². The summed E-state index contributed by atoms with van der Waals surface area (Å²) in [6.45, 7) is 3.24. The van der Waals surface area contributed by atoms with Gasteiger partial charge in [0.25, 0.3) is 0 Å². The van der Waals surface area contributed by atoms with Crippen molar-refractivity contribution < 1.29 is 17.9 Å². The van der Waals surface area contributed by atoms with Crippen molar-refractivity contribution in [2.45, 2.75) is 24.9 Å². The molecule has 9 heteroatoms. The molecule has 1 aromatic rings. The van der Waals surface area contributed by atoms with Gasteiger partial charge in [0.15, 0.2) is 0 Å². The predicted molar refractivity (Wildman–Crippen MR) is 96.3 cm³/mol. The Morgan fingerprint density at radius 2 is 1.92 bits per heavy atom. The number of hydrogen-bond donors (Lipinski definition) is 3. The quantitative estimate of drug-likeness (QED) is 0.721. The number of carbonyl (C=O) groups is 1. The number of urea groups is 1. The summed E-state index contributed by atoms with van der Waals surface area (Å²) in [6, 6.07) is 6.42. The summed E-state index contributed by atoms with van der Waals surface area (Å²) in [5.74, 6) is 0. The molecule has 2 saturated heterocycles. The van der Waals surface area contributed by atoms with Crippen LogP contribution < -0.4 is 15.4 Å². The molecule has 2 aliphatic heterocycles. The molecule has 0 saturated carbocycles. The Kier molecular flexibility index (Phi) is 5.45. The number of sulfonamides is 1. The summed E-state index contributed by atoms with van der Waals surface area (Å²) in [5, 5.41) is 5.71. The molecule has 138 valence electrons. The van der Waals surface area contributed by atoms with Crippen molar-refractivity contribution in [3.05, 3.63) is 24.3 Å². The minimum atomic E-state index is -3.36. The van der Waals surface area contributed by atoms with Crippen molar-refractivity contribution in [2.75, 3.05) is 42.6 Å². The first kappa shape index (κ1) is 18.0. The lowest BCUT2D eigenvalue weighted by atomic mass is 10.1. The normalized spacial score (nSPS) is 24.2. The van der Waals surface area contributed by atoms with Crippen LogP contribution in [0.4, 0.5) is 16.2 Å². The van der Waals surface area contributed by atoms with Crippen LogP contribution in [0.3, 0.4) is 0 Å². The third kappa shape index (κ3) is 5.07. The Hall–Kier alpha value is -1.84. The van der Waals surface area contributed by atoms with E-state index in [9.17, 15) is 13.2 Å². The summed E-state index contributed by atoms with van der Waals surface area (Å²) in [6.07, 6.45) is 3.46. The van der Waals surface area contributed by atoms with Crippen LogP contribution in [0.15, 0.2) is 24.3 Å². The molecule has 0 aliphatic carbocycles. The third-order valence-corrected chi connectivity index (χ3v) is 5.01. The summed E-state index contributed by atoms with van der Waals surface area (Å²) in [7, 11) is -3.36. The standard InChI is InChI=1S/C16H24N4O4S/c1-25(22,23)19-13-6-4-5-12(9-13)17-16(21)18-14-10-24-11-15(14)20-7-2-3-8-20/h4-6,9,14-15,19H,2-3,7-8,10-11H2,1H3,(H2,17,18,21)/t14-,15-/m0/s1. The minimum absolute atomic E-state index is 0.0459. The van der Waals surface area contributed by atoms with Gasteiger partial charge in [0, 0.05) is 5.69 Å². The SMILES string of the molecule is CS(=O)(=O)Nc1cccc(NC(=O)N[C@H]2COC[C@@H]2N2CCCC2)c1. The Bertz CT molecular complexity index is 719. The lowest BCUT2D eigenvalue weighted by Crippen LogP contribution is -2.51. The van der Waals surface area contributed by atoms with E-state index < -0.39 is 10.0 Å². The van der Waals surface area contributed by atoms with Gasteiger partial charge in [-0.3, -0.25) is 9.62 Å². The second kappa shape index (κ2) is 7.59. The van der Waals surface area contributed by atoms with Gasteiger partial charge in [0.05, 0.1) is 37.2 Å². The number of anilines is 2. The molecule has 0 bridgehead atoms. The molecule has 3 rings (SSSR count). The van der Waals surface area contributed by atoms with E-state index in [1.165, 1.54) is 12.8 Å². The highest BCUT2D eigenvalue weighted by molar-refractivity contribution is 7.92. The second-order valence-corrected chi connectivity index (χ2v) is 8.26. The molecule has 0 aromatic heterocycles. The van der Waals surface area contributed by atoms with Gasteiger partial charge in [-0.15, -0.1) is 0 Å². The van der Waals surface area contributed by atoms with Crippen LogP contribution in [-0.2, 0) is 14.8 Å². The lowest BCUT2D eigenvalue weighted by molar-refractivity contribution is 0.159. The zero-order valence-corrected chi connectivity index (χ0v) is 15.0. The first-order valence-electron chi connectivity index (χ1n) is 8.38. The molecule has 0 spiro atoms. The fourth-order valence-corrected chi connectivity index (χ4v) is 3.88. The van der Waals surface area contributed by atoms with Crippen molar-refractivity contribution in [3.8, 4) is 0 Å². The Morgan fingerprint density at radius 3 is 2.64 bits per heavy atom. The van der Waals surface area contributed by atoms with E-state index in [0.29, 0.717) is 24.6 Å². The molecule has 3 N–H and O–H groups in total. The monoisotopic (exact) mass is 368 g/mol. The Balaban J connectivity index is 1.58. The van der Waals surface area contributed by atoms with Gasteiger partial charge in [0.1, 0.15) is 0 Å². The lowest BCUT2D eigenvalue weighted by Gasteiger charge is -2.27. The van der Waals surface area contributed by atoms with E-state index in [0.717, 1.165) is 19.3 Å². The molecular formula is C16H24N4O4S. The van der Waals surface area contributed by atoms with Gasteiger partial charge in [-0.1, -0.05) is 6.07 Å². The summed E-state index contributed by atoms with van der Waals surface area (Å²) in [4.78, 5) is 14.7. The molecule has 2 atom stereocenters. The van der Waals surface area contributed by atoms with Crippen LogP contribution in [0.25, 0.3) is 0 Å². The highest BCUT2D eigenvalue weighted by atomic mass is 32.2. The van der Waals surface area contributed by atoms with E-state index in [-0.39, 0.29) is 18.1 Å². The van der Waals surface area contributed by atoms with Crippen molar-refractivity contribution in [1.29, 1.82) is 0 Å². The molecule has 2 amide bonds. The largest absolute Gasteiger partial charge is 0.378 e. The van der Waals surface area contributed by atoms with Gasteiger partial charge in [-0.25, -0.2) is 13.2 Å². The van der Waals surface area contributed by atoms with Crippen molar-refractivity contribution >= 4 is 27.4 Å². The van der Waals surface area contributed by atoms with Crippen LogP contribution in [-0.4, -0.2) is 64.0 Å². The van der Waals surface area contributed by atoms with Crippen molar-refractivity contribution in [2.24, 2.45) is 0 Å². The Morgan fingerprint density at radius 1 is 1.20 bits per heavy atom. The molecule has 25 heavy (non-hydrogen) atoms. The van der Waals surface area contributed by atoms with Crippen LogP contribution in [0.2, 0.25) is 0 Å². The topological polar surface area (TPSA) is 99.8 Å². The van der Waals surface area contributed by atoms with Crippen molar-refractivity contribution in [3.63, 3.8) is 0 Å². The van der Waals surface area contributed by atoms with E-state index in [2.05, 4.69) is 20.3 Å². The average molecular weight is 368 g/mol. The number of carbonyl (C=O) groups excluding carboxylic acids is 1. The number of nitrogens with one attached hydrogen (secondary N) is 3.